The van der Waals surface area contributed by atoms with E-state index in [9.17, 15) is 4.39 Å². The average Bonchev–Trinajstić information content (AvgIpc) is 2.58. The maximum absolute atomic E-state index is 14.5. The highest BCUT2D eigenvalue weighted by Gasteiger charge is 2.25. The van der Waals surface area contributed by atoms with E-state index >= 15 is 0 Å². The summed E-state index contributed by atoms with van der Waals surface area (Å²) in [7, 11) is 0. The Morgan fingerprint density at radius 3 is 2.00 bits per heavy atom. The molecule has 154 valence electrons. The minimum absolute atomic E-state index is 0.0228. The van der Waals surface area contributed by atoms with Crippen LogP contribution in [0.1, 0.15) is 104 Å². The Balaban J connectivity index is 2.08. The highest BCUT2D eigenvalue weighted by atomic mass is 19.1. The van der Waals surface area contributed by atoms with Crippen molar-refractivity contribution < 1.29 is 4.39 Å². The molecule has 2 rings (SSSR count). The fraction of sp³-hybridized carbons (Fsp3) is 0.600. The van der Waals surface area contributed by atoms with E-state index in [1.165, 1.54) is 5.56 Å². The lowest BCUT2D eigenvalue weighted by atomic mass is 9.78. The Labute approximate surface area is 171 Å². The predicted molar refractivity (Wildman–Crippen MR) is 117 cm³/mol. The number of halogens is 1. The molecular weight excluding hydrogens is 347 g/mol. The van der Waals surface area contributed by atoms with Gasteiger partial charge in [0.2, 0.25) is 0 Å². The molecule has 0 amide bonds. The number of pyridine rings is 2. The second-order valence-electron chi connectivity index (χ2n) is 10.9. The van der Waals surface area contributed by atoms with Crippen molar-refractivity contribution in [2.24, 2.45) is 0 Å². The topological polar surface area (TPSA) is 25.8 Å². The molecule has 0 aliphatic carbocycles. The van der Waals surface area contributed by atoms with E-state index in [0.717, 1.165) is 24.1 Å². The summed E-state index contributed by atoms with van der Waals surface area (Å²) in [6.07, 6.45) is 5.85. The van der Waals surface area contributed by atoms with Gasteiger partial charge >= 0.3 is 0 Å². The molecule has 2 aromatic heterocycles. The van der Waals surface area contributed by atoms with Crippen LogP contribution in [0.3, 0.4) is 0 Å². The third-order valence-corrected chi connectivity index (χ3v) is 5.66. The second-order valence-corrected chi connectivity index (χ2v) is 10.9. The second kappa shape index (κ2) is 7.93. The maximum Gasteiger partial charge on any atom is 0.145 e. The van der Waals surface area contributed by atoms with Crippen molar-refractivity contribution in [3.8, 4) is 0 Å². The van der Waals surface area contributed by atoms with E-state index < -0.39 is 0 Å². The molecule has 3 heteroatoms. The van der Waals surface area contributed by atoms with E-state index in [0.29, 0.717) is 5.69 Å². The molecule has 0 aromatic carbocycles. The van der Waals surface area contributed by atoms with Crippen LogP contribution in [-0.2, 0) is 16.2 Å². The molecule has 0 radical (unpaired) electrons. The fourth-order valence-corrected chi connectivity index (χ4v) is 3.40. The first-order valence-electron chi connectivity index (χ1n) is 10.3. The Morgan fingerprint density at radius 1 is 0.893 bits per heavy atom. The largest absolute Gasteiger partial charge is 0.260 e. The Morgan fingerprint density at radius 2 is 1.54 bits per heavy atom. The van der Waals surface area contributed by atoms with Gasteiger partial charge in [0.25, 0.3) is 0 Å². The van der Waals surface area contributed by atoms with Gasteiger partial charge in [-0.15, -0.1) is 0 Å². The molecule has 0 fully saturated rings. The van der Waals surface area contributed by atoms with Crippen LogP contribution in [0.5, 0.6) is 0 Å². The highest BCUT2D eigenvalue weighted by molar-refractivity contribution is 5.26. The van der Waals surface area contributed by atoms with Crippen molar-refractivity contribution in [3.63, 3.8) is 0 Å². The zero-order valence-electron chi connectivity index (χ0n) is 19.2. The standard InChI is InChI=1S/C25H37FN2/c1-17(18-14-20(26)22(28-15-18)24(5,6)7)12-13-25(8,9)19-10-11-21(27-16-19)23(2,3)4/h10-11,14-17H,12-13H2,1-9H3. The van der Waals surface area contributed by atoms with E-state index in [-0.39, 0.29) is 28.0 Å². The zero-order chi connectivity index (χ0) is 21.3. The molecule has 0 aliphatic heterocycles. The number of hydrogen-bond donors (Lipinski definition) is 0. The first-order valence-corrected chi connectivity index (χ1v) is 10.3. The van der Waals surface area contributed by atoms with Crippen LogP contribution in [0.15, 0.2) is 30.6 Å². The molecular formula is C25H37FN2. The van der Waals surface area contributed by atoms with Crippen LogP contribution in [0, 0.1) is 5.82 Å². The van der Waals surface area contributed by atoms with Gasteiger partial charge in [-0.2, -0.15) is 0 Å². The van der Waals surface area contributed by atoms with Crippen LogP contribution in [-0.4, -0.2) is 9.97 Å². The van der Waals surface area contributed by atoms with Crippen molar-refractivity contribution >= 4 is 0 Å². The van der Waals surface area contributed by atoms with Crippen LogP contribution in [0.25, 0.3) is 0 Å². The lowest BCUT2D eigenvalue weighted by Gasteiger charge is -2.28. The van der Waals surface area contributed by atoms with Crippen molar-refractivity contribution in [2.45, 2.75) is 97.3 Å². The number of nitrogens with zero attached hydrogens (tertiary/aromatic N) is 2. The van der Waals surface area contributed by atoms with Gasteiger partial charge in [-0.05, 0) is 47.4 Å². The first-order chi connectivity index (χ1) is 12.7. The predicted octanol–water partition coefficient (Wildman–Crippen LogP) is 7.07. The van der Waals surface area contributed by atoms with Crippen LogP contribution in [0.2, 0.25) is 0 Å². The lowest BCUT2D eigenvalue weighted by Crippen LogP contribution is -2.20. The molecule has 28 heavy (non-hydrogen) atoms. The Kier molecular flexibility index (Phi) is 6.37. The molecule has 0 N–H and O–H groups in total. The van der Waals surface area contributed by atoms with E-state index in [1.807, 2.05) is 33.2 Å². The molecule has 1 unspecified atom stereocenters. The van der Waals surface area contributed by atoms with Gasteiger partial charge in [0, 0.05) is 28.9 Å². The summed E-state index contributed by atoms with van der Waals surface area (Å²) < 4.78 is 14.5. The molecule has 2 heterocycles. The van der Waals surface area contributed by atoms with Gasteiger partial charge in [-0.1, -0.05) is 68.4 Å². The quantitative estimate of drug-likeness (QED) is 0.551. The van der Waals surface area contributed by atoms with Crippen LogP contribution in [0.4, 0.5) is 4.39 Å². The summed E-state index contributed by atoms with van der Waals surface area (Å²) in [5, 5.41) is 0. The summed E-state index contributed by atoms with van der Waals surface area (Å²) in [5.74, 6) is 0.0650. The van der Waals surface area contributed by atoms with Gasteiger partial charge in [0.1, 0.15) is 5.82 Å². The maximum atomic E-state index is 14.5. The molecule has 0 saturated carbocycles. The summed E-state index contributed by atoms with van der Waals surface area (Å²) in [4.78, 5) is 9.11. The molecule has 0 spiro atoms. The van der Waals surface area contributed by atoms with Gasteiger partial charge < -0.3 is 0 Å². The van der Waals surface area contributed by atoms with Gasteiger partial charge in [0.15, 0.2) is 0 Å². The summed E-state index contributed by atoms with van der Waals surface area (Å²) >= 11 is 0. The van der Waals surface area contributed by atoms with E-state index in [1.54, 1.807) is 6.07 Å². The highest BCUT2D eigenvalue weighted by Crippen LogP contribution is 2.34. The van der Waals surface area contributed by atoms with Crippen molar-refractivity contribution in [3.05, 3.63) is 58.9 Å². The third-order valence-electron chi connectivity index (χ3n) is 5.66. The van der Waals surface area contributed by atoms with Crippen molar-refractivity contribution in [1.29, 1.82) is 0 Å². The normalized spacial score (nSPS) is 14.2. The average molecular weight is 385 g/mol. The minimum Gasteiger partial charge on any atom is -0.260 e. The summed E-state index contributed by atoms with van der Waals surface area (Å²) in [6, 6.07) is 6.02. The smallest absolute Gasteiger partial charge is 0.145 e. The summed E-state index contributed by atoms with van der Waals surface area (Å²) in [5.41, 5.74) is 3.68. The molecule has 0 bridgehead atoms. The monoisotopic (exact) mass is 384 g/mol. The molecule has 0 saturated heterocycles. The Hall–Kier alpha value is -1.77. The van der Waals surface area contributed by atoms with Gasteiger partial charge in [-0.3, -0.25) is 9.97 Å². The molecule has 2 aromatic rings. The van der Waals surface area contributed by atoms with Gasteiger partial charge in [0.05, 0.1) is 5.69 Å². The minimum atomic E-state index is -0.278. The van der Waals surface area contributed by atoms with Crippen LogP contribution >= 0.6 is 0 Å². The lowest BCUT2D eigenvalue weighted by molar-refractivity contribution is 0.435. The van der Waals surface area contributed by atoms with Crippen LogP contribution < -0.4 is 0 Å². The molecule has 1 atom stereocenters. The van der Waals surface area contributed by atoms with Gasteiger partial charge in [-0.25, -0.2) is 4.39 Å². The SMILES string of the molecule is CC(CCC(C)(C)c1ccc(C(C)(C)C)nc1)c1cnc(C(C)(C)C)c(F)c1. The number of aromatic nitrogens is 2. The number of hydrogen-bond acceptors (Lipinski definition) is 2. The zero-order valence-corrected chi connectivity index (χ0v) is 19.2. The number of rotatable bonds is 5. The molecule has 2 nitrogen and oxygen atoms in total. The van der Waals surface area contributed by atoms with Crippen molar-refractivity contribution in [2.75, 3.05) is 0 Å². The summed E-state index contributed by atoms with van der Waals surface area (Å²) in [6.45, 7) is 19.2. The first kappa shape index (κ1) is 22.5. The fourth-order valence-electron chi connectivity index (χ4n) is 3.40. The van der Waals surface area contributed by atoms with Crippen molar-refractivity contribution in [1.82, 2.24) is 9.97 Å². The van der Waals surface area contributed by atoms with E-state index in [2.05, 4.69) is 63.6 Å². The molecule has 0 aliphatic rings. The van der Waals surface area contributed by atoms with E-state index in [4.69, 9.17) is 0 Å². The Bertz CT molecular complexity index is 793. The third kappa shape index (κ3) is 5.40.